The maximum Gasteiger partial charge on any atom is 0.122 e. The van der Waals surface area contributed by atoms with Crippen molar-refractivity contribution in [3.05, 3.63) is 63.1 Å². The third-order valence-electron chi connectivity index (χ3n) is 3.06. The Labute approximate surface area is 132 Å². The Morgan fingerprint density at radius 1 is 1.20 bits per heavy atom. The minimum Gasteiger partial charge on any atom is -0.496 e. The number of aliphatic hydroxyl groups excluding tert-OH is 1. The summed E-state index contributed by atoms with van der Waals surface area (Å²) < 4.78 is 6.31. The molecule has 0 fully saturated rings. The summed E-state index contributed by atoms with van der Waals surface area (Å²) in [6.45, 7) is 0. The Morgan fingerprint density at radius 2 is 2.00 bits per heavy atom. The van der Waals surface area contributed by atoms with Gasteiger partial charge in [-0.2, -0.15) is 0 Å². The molecule has 2 aromatic carbocycles. The summed E-state index contributed by atoms with van der Waals surface area (Å²) in [5.74, 6) is 0.752. The van der Waals surface area contributed by atoms with E-state index in [0.29, 0.717) is 17.9 Å². The van der Waals surface area contributed by atoms with Crippen molar-refractivity contribution in [2.75, 3.05) is 7.11 Å². The lowest BCUT2D eigenvalue weighted by atomic mass is 10.0. The molecule has 1 unspecified atom stereocenters. The predicted molar refractivity (Wildman–Crippen MR) is 85.6 cm³/mol. The molecule has 0 bridgehead atoms. The number of ether oxygens (including phenoxy) is 1. The van der Waals surface area contributed by atoms with Crippen LogP contribution < -0.4 is 4.74 Å². The van der Waals surface area contributed by atoms with E-state index in [4.69, 9.17) is 16.3 Å². The van der Waals surface area contributed by atoms with Crippen molar-refractivity contribution >= 4 is 27.5 Å². The molecule has 0 saturated carbocycles. The van der Waals surface area contributed by atoms with E-state index in [9.17, 15) is 5.11 Å². The van der Waals surface area contributed by atoms with Gasteiger partial charge in [0.05, 0.1) is 13.2 Å². The van der Waals surface area contributed by atoms with Crippen molar-refractivity contribution in [3.63, 3.8) is 0 Å². The lowest BCUT2D eigenvalue weighted by Crippen LogP contribution is -2.14. The van der Waals surface area contributed by atoms with Crippen LogP contribution in [0.15, 0.2) is 46.9 Å². The molecule has 0 aromatic heterocycles. The van der Waals surface area contributed by atoms with Gasteiger partial charge in [0.25, 0.3) is 0 Å². The van der Waals surface area contributed by atoms with Crippen molar-refractivity contribution < 1.29 is 9.84 Å². The van der Waals surface area contributed by atoms with E-state index in [-0.39, 0.29) is 0 Å². The molecule has 0 aliphatic rings. The van der Waals surface area contributed by atoms with Gasteiger partial charge < -0.3 is 9.84 Å². The molecule has 0 radical (unpaired) electrons. The monoisotopic (exact) mass is 354 g/mol. The van der Waals surface area contributed by atoms with Gasteiger partial charge in [-0.1, -0.05) is 39.7 Å². The van der Waals surface area contributed by atoms with Gasteiger partial charge in [-0.3, -0.25) is 0 Å². The summed E-state index contributed by atoms with van der Waals surface area (Å²) in [5, 5.41) is 10.9. The first-order valence-corrected chi connectivity index (χ1v) is 7.50. The van der Waals surface area contributed by atoms with Crippen LogP contribution in [0, 0.1) is 0 Å². The number of halogens is 2. The fourth-order valence-corrected chi connectivity index (χ4v) is 2.81. The fourth-order valence-electron chi connectivity index (χ4n) is 2.17. The van der Waals surface area contributed by atoms with Crippen LogP contribution >= 0.6 is 27.5 Å². The molecule has 1 N–H and O–H groups in total. The first-order chi connectivity index (χ1) is 9.58. The van der Waals surface area contributed by atoms with Crippen LogP contribution in [0.4, 0.5) is 0 Å². The molecule has 0 amide bonds. The van der Waals surface area contributed by atoms with Crippen LogP contribution in [0.3, 0.4) is 0 Å². The van der Waals surface area contributed by atoms with Gasteiger partial charge in [0.1, 0.15) is 5.75 Å². The van der Waals surface area contributed by atoms with E-state index in [2.05, 4.69) is 15.9 Å². The second-order valence-electron chi connectivity index (χ2n) is 4.65. The van der Waals surface area contributed by atoms with Crippen molar-refractivity contribution in [1.82, 2.24) is 0 Å². The summed E-state index contributed by atoms with van der Waals surface area (Å²) >= 11 is 9.43. The Morgan fingerprint density at radius 3 is 2.70 bits per heavy atom. The van der Waals surface area contributed by atoms with Crippen molar-refractivity contribution in [2.24, 2.45) is 0 Å². The summed E-state index contributed by atoms with van der Waals surface area (Å²) in [7, 11) is 1.62. The van der Waals surface area contributed by atoms with E-state index < -0.39 is 6.10 Å². The molecule has 1 atom stereocenters. The molecule has 20 heavy (non-hydrogen) atoms. The van der Waals surface area contributed by atoms with Crippen LogP contribution in [0.25, 0.3) is 0 Å². The van der Waals surface area contributed by atoms with Gasteiger partial charge in [0, 0.05) is 15.9 Å². The van der Waals surface area contributed by atoms with Crippen molar-refractivity contribution in [3.8, 4) is 5.75 Å². The Hall–Kier alpha value is -1.03. The highest BCUT2D eigenvalue weighted by atomic mass is 79.9. The molecular weight excluding hydrogens is 340 g/mol. The number of methoxy groups -OCH3 is 1. The Kier molecular flexibility index (Phi) is 5.46. The molecule has 2 aromatic rings. The van der Waals surface area contributed by atoms with Gasteiger partial charge in [-0.05, 0) is 47.9 Å². The standard InChI is InChI=1S/C16H16BrClO2/c1-20-16-6-5-14(18)9-12(16)10-15(19)8-11-3-2-4-13(17)7-11/h2-7,9,15,19H,8,10H2,1H3. The summed E-state index contributed by atoms with van der Waals surface area (Å²) in [4.78, 5) is 0. The maximum absolute atomic E-state index is 10.2. The zero-order chi connectivity index (χ0) is 14.5. The average molecular weight is 356 g/mol. The highest BCUT2D eigenvalue weighted by molar-refractivity contribution is 9.10. The van der Waals surface area contributed by atoms with Crippen LogP contribution in [-0.2, 0) is 12.8 Å². The van der Waals surface area contributed by atoms with Crippen LogP contribution in [0.1, 0.15) is 11.1 Å². The highest BCUT2D eigenvalue weighted by Gasteiger charge is 2.11. The SMILES string of the molecule is COc1ccc(Cl)cc1CC(O)Cc1cccc(Br)c1. The van der Waals surface area contributed by atoms with Gasteiger partial charge >= 0.3 is 0 Å². The molecule has 0 aliphatic carbocycles. The van der Waals surface area contributed by atoms with Gasteiger partial charge in [-0.15, -0.1) is 0 Å². The Bertz CT molecular complexity index is 586. The van der Waals surface area contributed by atoms with Crippen molar-refractivity contribution in [2.45, 2.75) is 18.9 Å². The lowest BCUT2D eigenvalue weighted by molar-refractivity contribution is 0.174. The third kappa shape index (κ3) is 4.23. The average Bonchev–Trinajstić information content (AvgIpc) is 2.38. The zero-order valence-electron chi connectivity index (χ0n) is 11.1. The number of rotatable bonds is 5. The second kappa shape index (κ2) is 7.11. The molecule has 0 heterocycles. The van der Waals surface area contributed by atoms with E-state index in [1.54, 1.807) is 13.2 Å². The van der Waals surface area contributed by atoms with Crippen LogP contribution in [-0.4, -0.2) is 18.3 Å². The molecule has 4 heteroatoms. The zero-order valence-corrected chi connectivity index (χ0v) is 13.5. The normalized spacial score (nSPS) is 12.2. The first-order valence-electron chi connectivity index (χ1n) is 6.33. The molecule has 2 nitrogen and oxygen atoms in total. The number of hydrogen-bond acceptors (Lipinski definition) is 2. The second-order valence-corrected chi connectivity index (χ2v) is 6.00. The van der Waals surface area contributed by atoms with Crippen molar-refractivity contribution in [1.29, 1.82) is 0 Å². The summed E-state index contributed by atoms with van der Waals surface area (Å²) in [6, 6.07) is 13.4. The van der Waals surface area contributed by atoms with E-state index in [0.717, 1.165) is 21.3 Å². The minimum absolute atomic E-state index is 0.475. The minimum atomic E-state index is -0.475. The fraction of sp³-hybridized carbons (Fsp3) is 0.250. The quantitative estimate of drug-likeness (QED) is 0.868. The smallest absolute Gasteiger partial charge is 0.122 e. The molecule has 0 saturated heterocycles. The number of benzene rings is 2. The topological polar surface area (TPSA) is 29.5 Å². The first kappa shape index (κ1) is 15.4. The predicted octanol–water partition coefficient (Wildman–Crippen LogP) is 4.26. The molecule has 2 rings (SSSR count). The largest absolute Gasteiger partial charge is 0.496 e. The van der Waals surface area contributed by atoms with E-state index in [1.165, 1.54) is 0 Å². The van der Waals surface area contributed by atoms with Crippen LogP contribution in [0.2, 0.25) is 5.02 Å². The summed E-state index contributed by atoms with van der Waals surface area (Å²) in [6.07, 6.45) is 0.627. The van der Waals surface area contributed by atoms with Gasteiger partial charge in [-0.25, -0.2) is 0 Å². The van der Waals surface area contributed by atoms with E-state index in [1.807, 2.05) is 36.4 Å². The lowest BCUT2D eigenvalue weighted by Gasteiger charge is -2.14. The van der Waals surface area contributed by atoms with Crippen LogP contribution in [0.5, 0.6) is 5.75 Å². The number of aliphatic hydroxyl groups is 1. The van der Waals surface area contributed by atoms with Gasteiger partial charge in [0.15, 0.2) is 0 Å². The highest BCUT2D eigenvalue weighted by Crippen LogP contribution is 2.24. The van der Waals surface area contributed by atoms with Gasteiger partial charge in [0.2, 0.25) is 0 Å². The molecule has 0 spiro atoms. The molecular formula is C16H16BrClO2. The number of hydrogen-bond donors (Lipinski definition) is 1. The third-order valence-corrected chi connectivity index (χ3v) is 3.79. The molecule has 0 aliphatic heterocycles. The van der Waals surface area contributed by atoms with E-state index >= 15 is 0 Å². The summed E-state index contributed by atoms with van der Waals surface area (Å²) in [5.41, 5.74) is 2.01. The Balaban J connectivity index is 2.08. The molecule has 106 valence electrons. The maximum atomic E-state index is 10.2.